The smallest absolute Gasteiger partial charge is 0.266 e. The fourth-order valence-electron chi connectivity index (χ4n) is 3.45. The number of H-pyrrole nitrogens is 1. The summed E-state index contributed by atoms with van der Waals surface area (Å²) in [7, 11) is 0. The normalized spacial score (nSPS) is 15.5. The molecule has 1 aliphatic rings. The molecule has 1 fully saturated rings. The van der Waals surface area contributed by atoms with Crippen molar-refractivity contribution in [3.63, 3.8) is 0 Å². The highest BCUT2D eigenvalue weighted by atomic mass is 32.1. The lowest BCUT2D eigenvalue weighted by Crippen LogP contribution is -2.26. The molecule has 4 heteroatoms. The molecule has 3 nitrogen and oxygen atoms in total. The highest BCUT2D eigenvalue weighted by Crippen LogP contribution is 2.35. The number of nitrogens with one attached hydrogen (secondary N) is 2. The predicted octanol–water partition coefficient (Wildman–Crippen LogP) is 4.24. The van der Waals surface area contributed by atoms with Gasteiger partial charge in [0.25, 0.3) is 5.56 Å². The van der Waals surface area contributed by atoms with E-state index in [0.717, 1.165) is 42.6 Å². The molecule has 2 aromatic carbocycles. The number of hydrogen-bond acceptors (Lipinski definition) is 3. The molecule has 4 rings (SSSR count). The van der Waals surface area contributed by atoms with Crippen LogP contribution in [0.4, 0.5) is 0 Å². The van der Waals surface area contributed by atoms with Crippen LogP contribution in [0.3, 0.4) is 0 Å². The van der Waals surface area contributed by atoms with Gasteiger partial charge in [0.15, 0.2) is 0 Å². The van der Waals surface area contributed by atoms with Crippen LogP contribution in [-0.4, -0.2) is 17.5 Å². The second-order valence-electron chi connectivity index (χ2n) is 6.24. The van der Waals surface area contributed by atoms with Crippen molar-refractivity contribution in [2.75, 3.05) is 13.1 Å². The Labute approximate surface area is 145 Å². The van der Waals surface area contributed by atoms with Crippen molar-refractivity contribution in [1.82, 2.24) is 9.69 Å². The average Bonchev–Trinajstić information content (AvgIpc) is 3.05. The van der Waals surface area contributed by atoms with E-state index in [2.05, 4.69) is 34.0 Å². The second-order valence-corrected chi connectivity index (χ2v) is 7.09. The van der Waals surface area contributed by atoms with Crippen LogP contribution in [0.1, 0.15) is 23.6 Å². The zero-order valence-electron chi connectivity index (χ0n) is 13.4. The lowest BCUT2D eigenvalue weighted by molar-refractivity contribution is 0.465. The Hall–Kier alpha value is -2.17. The molecular weight excluding hydrogens is 316 g/mol. The van der Waals surface area contributed by atoms with Gasteiger partial charge in [-0.05, 0) is 54.6 Å². The van der Waals surface area contributed by atoms with Crippen molar-refractivity contribution in [2.24, 2.45) is 0 Å². The van der Waals surface area contributed by atoms with Gasteiger partial charge in [-0.3, -0.25) is 9.17 Å². The van der Waals surface area contributed by atoms with Gasteiger partial charge in [-0.2, -0.15) is 0 Å². The molecule has 0 radical (unpaired) electrons. The van der Waals surface area contributed by atoms with Gasteiger partial charge >= 0.3 is 0 Å². The van der Waals surface area contributed by atoms with Crippen molar-refractivity contribution in [3.8, 4) is 22.3 Å². The molecule has 1 aliphatic heterocycles. The first-order chi connectivity index (χ1) is 11.8. The molecule has 0 spiro atoms. The molecule has 0 bridgehead atoms. The summed E-state index contributed by atoms with van der Waals surface area (Å²) in [5.74, 6) is 0.477. The summed E-state index contributed by atoms with van der Waals surface area (Å²) < 4.78 is 2.96. The SMILES string of the molecule is O=c1[nH]sc(C2CCNCC2)c1-c1cccc(-c2ccccc2)c1. The highest BCUT2D eigenvalue weighted by Gasteiger charge is 2.23. The molecular formula is C20H20N2OS. The monoisotopic (exact) mass is 336 g/mol. The summed E-state index contributed by atoms with van der Waals surface area (Å²) in [5.41, 5.74) is 4.25. The Kier molecular flexibility index (Phi) is 4.32. The summed E-state index contributed by atoms with van der Waals surface area (Å²) in [5, 5.41) is 3.40. The van der Waals surface area contributed by atoms with E-state index in [0.29, 0.717) is 5.92 Å². The standard InChI is InChI=1S/C20H20N2OS/c23-20-18(19(24-22-20)15-9-11-21-12-10-15)17-8-4-7-16(13-17)14-5-2-1-3-6-14/h1-8,13,15,21H,9-12H2,(H,22,23). The van der Waals surface area contributed by atoms with Crippen molar-refractivity contribution in [2.45, 2.75) is 18.8 Å². The zero-order chi connectivity index (χ0) is 16.4. The van der Waals surface area contributed by atoms with Crippen molar-refractivity contribution in [1.29, 1.82) is 0 Å². The van der Waals surface area contributed by atoms with E-state index in [9.17, 15) is 4.79 Å². The van der Waals surface area contributed by atoms with E-state index < -0.39 is 0 Å². The van der Waals surface area contributed by atoms with Crippen LogP contribution in [0.25, 0.3) is 22.3 Å². The summed E-state index contributed by atoms with van der Waals surface area (Å²) in [6.45, 7) is 2.06. The van der Waals surface area contributed by atoms with E-state index in [1.165, 1.54) is 22.0 Å². The second kappa shape index (κ2) is 6.75. The van der Waals surface area contributed by atoms with Crippen molar-refractivity contribution < 1.29 is 0 Å². The highest BCUT2D eigenvalue weighted by molar-refractivity contribution is 7.06. The average molecular weight is 336 g/mol. The molecule has 24 heavy (non-hydrogen) atoms. The Bertz CT molecular complexity index is 876. The van der Waals surface area contributed by atoms with Gasteiger partial charge < -0.3 is 5.32 Å². The predicted molar refractivity (Wildman–Crippen MR) is 101 cm³/mol. The van der Waals surface area contributed by atoms with E-state index in [1.54, 1.807) is 0 Å². The molecule has 122 valence electrons. The molecule has 0 aliphatic carbocycles. The van der Waals surface area contributed by atoms with Crippen LogP contribution in [0, 0.1) is 0 Å². The molecule has 1 saturated heterocycles. The first kappa shape index (κ1) is 15.4. The number of piperidine rings is 1. The Morgan fingerprint density at radius 1 is 0.875 bits per heavy atom. The van der Waals surface area contributed by atoms with Gasteiger partial charge in [-0.25, -0.2) is 0 Å². The van der Waals surface area contributed by atoms with Crippen LogP contribution < -0.4 is 10.9 Å². The fourth-order valence-corrected chi connectivity index (χ4v) is 4.46. The molecule has 1 aromatic heterocycles. The lowest BCUT2D eigenvalue weighted by atomic mass is 9.91. The molecule has 2 heterocycles. The Morgan fingerprint density at radius 3 is 2.38 bits per heavy atom. The summed E-state index contributed by atoms with van der Waals surface area (Å²) >= 11 is 1.51. The Balaban J connectivity index is 1.77. The molecule has 0 atom stereocenters. The van der Waals surface area contributed by atoms with Crippen LogP contribution in [0.5, 0.6) is 0 Å². The molecule has 0 amide bonds. The van der Waals surface area contributed by atoms with Crippen LogP contribution in [0.2, 0.25) is 0 Å². The number of hydrogen-bond donors (Lipinski definition) is 2. The fraction of sp³-hybridized carbons (Fsp3) is 0.250. The van der Waals surface area contributed by atoms with Crippen LogP contribution in [0.15, 0.2) is 59.4 Å². The largest absolute Gasteiger partial charge is 0.317 e. The van der Waals surface area contributed by atoms with Crippen molar-refractivity contribution >= 4 is 11.5 Å². The van der Waals surface area contributed by atoms with E-state index in [-0.39, 0.29) is 5.56 Å². The minimum atomic E-state index is 0.0405. The van der Waals surface area contributed by atoms with Crippen LogP contribution >= 0.6 is 11.5 Å². The van der Waals surface area contributed by atoms with E-state index >= 15 is 0 Å². The minimum Gasteiger partial charge on any atom is -0.317 e. The van der Waals surface area contributed by atoms with Gasteiger partial charge in [-0.1, -0.05) is 60.1 Å². The number of aromatic nitrogens is 1. The maximum absolute atomic E-state index is 12.5. The van der Waals surface area contributed by atoms with E-state index in [1.807, 2.05) is 30.3 Å². The minimum absolute atomic E-state index is 0.0405. The molecule has 0 unspecified atom stereocenters. The van der Waals surface area contributed by atoms with Gasteiger partial charge in [0.1, 0.15) is 0 Å². The number of rotatable bonds is 3. The third kappa shape index (κ3) is 2.95. The van der Waals surface area contributed by atoms with Gasteiger partial charge in [-0.15, -0.1) is 0 Å². The molecule has 2 N–H and O–H groups in total. The summed E-state index contributed by atoms with van der Waals surface area (Å²) in [6.07, 6.45) is 2.19. The maximum Gasteiger partial charge on any atom is 0.266 e. The Morgan fingerprint density at radius 2 is 1.58 bits per heavy atom. The molecule has 0 saturated carbocycles. The van der Waals surface area contributed by atoms with Gasteiger partial charge in [0, 0.05) is 4.88 Å². The van der Waals surface area contributed by atoms with Crippen molar-refractivity contribution in [3.05, 3.63) is 69.8 Å². The third-order valence-electron chi connectivity index (χ3n) is 4.70. The number of benzene rings is 2. The zero-order valence-corrected chi connectivity index (χ0v) is 14.2. The van der Waals surface area contributed by atoms with Gasteiger partial charge in [0.2, 0.25) is 0 Å². The number of aromatic amines is 1. The lowest BCUT2D eigenvalue weighted by Gasteiger charge is -2.22. The van der Waals surface area contributed by atoms with Gasteiger partial charge in [0.05, 0.1) is 5.56 Å². The third-order valence-corrected chi connectivity index (χ3v) is 5.74. The summed E-state index contributed by atoms with van der Waals surface area (Å²) in [4.78, 5) is 13.7. The quantitative estimate of drug-likeness (QED) is 0.751. The maximum atomic E-state index is 12.5. The molecule has 3 aromatic rings. The summed E-state index contributed by atoms with van der Waals surface area (Å²) in [6, 6.07) is 18.6. The van der Waals surface area contributed by atoms with Crippen LogP contribution in [-0.2, 0) is 0 Å². The topological polar surface area (TPSA) is 44.9 Å². The first-order valence-corrected chi connectivity index (χ1v) is 9.22. The van der Waals surface area contributed by atoms with E-state index in [4.69, 9.17) is 0 Å². The first-order valence-electron chi connectivity index (χ1n) is 8.41.